The number of nitrogens with zero attached hydrogens (tertiary/aromatic N) is 2. The second-order valence-electron chi connectivity index (χ2n) is 5.42. The van der Waals surface area contributed by atoms with E-state index >= 15 is 0 Å². The van der Waals surface area contributed by atoms with Crippen molar-refractivity contribution in [2.24, 2.45) is 8.73 Å². The van der Waals surface area contributed by atoms with Crippen LogP contribution in [-0.2, 0) is 11.4 Å². The molecular weight excluding hydrogens is 348 g/mol. The molecule has 3 aromatic heterocycles. The minimum absolute atomic E-state index is 1.06. The summed E-state index contributed by atoms with van der Waals surface area (Å²) in [5.41, 5.74) is 4.84. The number of fused-ring (bicyclic) bond motifs is 1. The minimum Gasteiger partial charge on any atom is -0.171 e. The van der Waals surface area contributed by atoms with E-state index in [0.717, 1.165) is 11.4 Å². The van der Waals surface area contributed by atoms with Gasteiger partial charge in [0, 0.05) is 19.5 Å². The average Bonchev–Trinajstić information content (AvgIpc) is 3.18. The molecule has 0 N–H and O–H groups in total. The molecule has 4 heterocycles. The van der Waals surface area contributed by atoms with Crippen molar-refractivity contribution in [3.8, 4) is 19.5 Å². The van der Waals surface area contributed by atoms with E-state index in [0.29, 0.717) is 0 Å². The predicted molar refractivity (Wildman–Crippen MR) is 101 cm³/mol. The molecule has 2 nitrogen and oxygen atoms in total. The molecule has 0 unspecified atom stereocenters. The molecule has 3 aromatic rings. The van der Waals surface area contributed by atoms with Crippen LogP contribution in [0.1, 0.15) is 20.9 Å². The van der Waals surface area contributed by atoms with Crippen LogP contribution in [0, 0.1) is 27.7 Å². The second-order valence-corrected chi connectivity index (χ2v) is 9.48. The molecule has 0 saturated carbocycles. The first kappa shape index (κ1) is 14.5. The molecule has 0 aromatic carbocycles. The van der Waals surface area contributed by atoms with E-state index in [9.17, 15) is 0 Å². The molecular formula is C16H14N2S4. The van der Waals surface area contributed by atoms with Crippen molar-refractivity contribution in [1.29, 1.82) is 0 Å². The molecule has 0 bridgehead atoms. The van der Waals surface area contributed by atoms with Gasteiger partial charge in [0.2, 0.25) is 0 Å². The Kier molecular flexibility index (Phi) is 3.45. The number of thiophene rings is 3. The SMILES string of the molecule is Cc1cc(-c2sc(-c3cc(C)c(C)s3)c3c2N=S=N3)sc1C. The van der Waals surface area contributed by atoms with E-state index in [1.165, 1.54) is 51.7 Å². The van der Waals surface area contributed by atoms with Crippen molar-refractivity contribution in [3.63, 3.8) is 0 Å². The molecule has 0 radical (unpaired) electrons. The minimum atomic E-state index is 1.06. The summed E-state index contributed by atoms with van der Waals surface area (Å²) in [6.07, 6.45) is 0. The molecule has 0 saturated heterocycles. The quantitative estimate of drug-likeness (QED) is 0.361. The number of rotatable bonds is 2. The molecule has 6 heteroatoms. The van der Waals surface area contributed by atoms with Crippen LogP contribution < -0.4 is 0 Å². The van der Waals surface area contributed by atoms with Gasteiger partial charge in [-0.25, -0.2) is 0 Å². The Balaban J connectivity index is 1.92. The van der Waals surface area contributed by atoms with Crippen molar-refractivity contribution in [1.82, 2.24) is 0 Å². The maximum atomic E-state index is 4.56. The molecule has 1 aliphatic heterocycles. The highest BCUT2D eigenvalue weighted by Gasteiger charge is 2.24. The summed E-state index contributed by atoms with van der Waals surface area (Å²) in [5, 5.41) is 0. The van der Waals surface area contributed by atoms with E-state index in [2.05, 4.69) is 48.6 Å². The van der Waals surface area contributed by atoms with Gasteiger partial charge in [0.15, 0.2) is 0 Å². The topological polar surface area (TPSA) is 24.7 Å². The molecule has 4 rings (SSSR count). The summed E-state index contributed by atoms with van der Waals surface area (Å²) in [6.45, 7) is 8.71. The van der Waals surface area contributed by atoms with Crippen LogP contribution >= 0.6 is 34.0 Å². The van der Waals surface area contributed by atoms with E-state index in [1.54, 1.807) is 0 Å². The van der Waals surface area contributed by atoms with E-state index in [-0.39, 0.29) is 0 Å². The number of aryl methyl sites for hydroxylation is 4. The Morgan fingerprint density at radius 1 is 0.682 bits per heavy atom. The first-order valence-electron chi connectivity index (χ1n) is 6.94. The average molecular weight is 363 g/mol. The first-order valence-corrected chi connectivity index (χ1v) is 10.1. The lowest BCUT2D eigenvalue weighted by atomic mass is 10.2. The zero-order valence-electron chi connectivity index (χ0n) is 12.7. The summed E-state index contributed by atoms with van der Waals surface area (Å²) < 4.78 is 9.12. The number of hydrogen-bond acceptors (Lipinski definition) is 5. The molecule has 0 spiro atoms. The Labute approximate surface area is 145 Å². The summed E-state index contributed by atoms with van der Waals surface area (Å²) in [5.74, 6) is 0. The predicted octanol–water partition coefficient (Wildman–Crippen LogP) is 7.17. The molecule has 0 atom stereocenters. The number of hydrogen-bond donors (Lipinski definition) is 0. The smallest absolute Gasteiger partial charge is 0.124 e. The van der Waals surface area contributed by atoms with E-state index < -0.39 is 0 Å². The van der Waals surface area contributed by atoms with E-state index in [4.69, 9.17) is 0 Å². The lowest BCUT2D eigenvalue weighted by Gasteiger charge is -1.92. The van der Waals surface area contributed by atoms with E-state index in [1.807, 2.05) is 34.0 Å². The van der Waals surface area contributed by atoms with Gasteiger partial charge in [0.1, 0.15) is 11.4 Å². The second kappa shape index (κ2) is 5.23. The molecule has 0 amide bonds. The maximum absolute atomic E-state index is 4.56. The molecule has 0 aliphatic carbocycles. The van der Waals surface area contributed by atoms with Gasteiger partial charge >= 0.3 is 0 Å². The Bertz CT molecular complexity index is 853. The first-order chi connectivity index (χ1) is 10.5. The summed E-state index contributed by atoms with van der Waals surface area (Å²) >= 11 is 6.85. The highest BCUT2D eigenvalue weighted by molar-refractivity contribution is 7.58. The fourth-order valence-electron chi connectivity index (χ4n) is 2.39. The van der Waals surface area contributed by atoms with Gasteiger partial charge in [-0.2, -0.15) is 8.73 Å². The van der Waals surface area contributed by atoms with Crippen molar-refractivity contribution < 1.29 is 0 Å². The molecule has 22 heavy (non-hydrogen) atoms. The third-order valence-electron chi connectivity index (χ3n) is 3.90. The lowest BCUT2D eigenvalue weighted by molar-refractivity contribution is 1.44. The van der Waals surface area contributed by atoms with Crippen molar-refractivity contribution in [2.45, 2.75) is 27.7 Å². The third kappa shape index (κ3) is 2.17. The van der Waals surface area contributed by atoms with Gasteiger partial charge in [-0.05, 0) is 51.0 Å². The fraction of sp³-hybridized carbons (Fsp3) is 0.250. The highest BCUT2D eigenvalue weighted by Crippen LogP contribution is 2.56. The molecule has 1 aliphatic rings. The molecule has 112 valence electrons. The largest absolute Gasteiger partial charge is 0.171 e. The monoisotopic (exact) mass is 362 g/mol. The summed E-state index contributed by atoms with van der Waals surface area (Å²) in [6, 6.07) is 4.55. The molecule has 0 fully saturated rings. The van der Waals surface area contributed by atoms with Crippen LogP contribution in [0.25, 0.3) is 19.5 Å². The van der Waals surface area contributed by atoms with Crippen molar-refractivity contribution >= 4 is 56.7 Å². The normalized spacial score (nSPS) is 12.7. The van der Waals surface area contributed by atoms with Gasteiger partial charge in [-0.1, -0.05) is 0 Å². The lowest BCUT2D eigenvalue weighted by Crippen LogP contribution is -1.64. The van der Waals surface area contributed by atoms with Crippen LogP contribution in [0.2, 0.25) is 0 Å². The Hall–Kier alpha value is -1.08. The van der Waals surface area contributed by atoms with Gasteiger partial charge in [-0.3, -0.25) is 0 Å². The zero-order chi connectivity index (χ0) is 15.4. The Morgan fingerprint density at radius 3 is 1.50 bits per heavy atom. The third-order valence-corrected chi connectivity index (χ3v) is 8.26. The van der Waals surface area contributed by atoms with Crippen molar-refractivity contribution in [2.75, 3.05) is 0 Å². The Morgan fingerprint density at radius 2 is 1.14 bits per heavy atom. The van der Waals surface area contributed by atoms with Gasteiger partial charge in [0.05, 0.1) is 21.1 Å². The van der Waals surface area contributed by atoms with Crippen LogP contribution in [0.5, 0.6) is 0 Å². The van der Waals surface area contributed by atoms with Gasteiger partial charge in [-0.15, -0.1) is 34.0 Å². The highest BCUT2D eigenvalue weighted by atomic mass is 32.1. The van der Waals surface area contributed by atoms with Crippen LogP contribution in [0.3, 0.4) is 0 Å². The van der Waals surface area contributed by atoms with Crippen LogP contribution in [-0.4, -0.2) is 0 Å². The van der Waals surface area contributed by atoms with Crippen LogP contribution in [0.4, 0.5) is 11.4 Å². The van der Waals surface area contributed by atoms with Gasteiger partial charge < -0.3 is 0 Å². The maximum Gasteiger partial charge on any atom is 0.124 e. The summed E-state index contributed by atoms with van der Waals surface area (Å²) in [4.78, 5) is 7.92. The van der Waals surface area contributed by atoms with Crippen LogP contribution in [0.15, 0.2) is 20.9 Å². The van der Waals surface area contributed by atoms with Gasteiger partial charge in [0.25, 0.3) is 0 Å². The van der Waals surface area contributed by atoms with Crippen molar-refractivity contribution in [3.05, 3.63) is 33.0 Å². The zero-order valence-corrected chi connectivity index (χ0v) is 15.9. The standard InChI is InChI=1S/C16H14N2S4/c1-7-5-11(19-9(7)3)15-13-14(18-22-17-13)16(21-15)12-6-8(2)10(4)20-12/h5-6H,1-4H3. The summed E-state index contributed by atoms with van der Waals surface area (Å²) in [7, 11) is 0. The fourth-order valence-corrected chi connectivity index (χ4v) is 6.52.